The van der Waals surface area contributed by atoms with E-state index in [-0.39, 0.29) is 28.1 Å². The summed E-state index contributed by atoms with van der Waals surface area (Å²) in [6.07, 6.45) is 1.48. The van der Waals surface area contributed by atoms with Crippen LogP contribution in [0.25, 0.3) is 6.08 Å². The van der Waals surface area contributed by atoms with Crippen LogP contribution in [0, 0.1) is 5.82 Å². The average molecular weight is 561 g/mol. The summed E-state index contributed by atoms with van der Waals surface area (Å²) in [7, 11) is 1.44. The third kappa shape index (κ3) is 6.43. The Kier molecular flexibility index (Phi) is 8.38. The first-order valence-corrected chi connectivity index (χ1v) is 12.4. The molecule has 1 heterocycles. The van der Waals surface area contributed by atoms with Crippen LogP contribution in [0.2, 0.25) is 10.0 Å². The maximum atomic E-state index is 13.1. The molecule has 190 valence electrons. The second-order valence-electron chi connectivity index (χ2n) is 7.75. The highest BCUT2D eigenvalue weighted by Gasteiger charge is 2.36. The summed E-state index contributed by atoms with van der Waals surface area (Å²) in [6, 6.07) is 15.6. The molecular formula is C26H19Cl2FN2O5S. The lowest BCUT2D eigenvalue weighted by atomic mass is 10.1. The van der Waals surface area contributed by atoms with Crippen molar-refractivity contribution in [1.29, 1.82) is 0 Å². The van der Waals surface area contributed by atoms with Crippen molar-refractivity contribution in [2.24, 2.45) is 0 Å². The van der Waals surface area contributed by atoms with E-state index in [0.29, 0.717) is 33.8 Å². The van der Waals surface area contributed by atoms with Crippen molar-refractivity contribution in [3.8, 4) is 11.5 Å². The van der Waals surface area contributed by atoms with Gasteiger partial charge in [0.05, 0.1) is 27.7 Å². The first-order valence-electron chi connectivity index (χ1n) is 10.8. The summed E-state index contributed by atoms with van der Waals surface area (Å²) < 4.78 is 24.3. The molecule has 4 rings (SSSR count). The van der Waals surface area contributed by atoms with E-state index in [2.05, 4.69) is 5.32 Å². The van der Waals surface area contributed by atoms with Gasteiger partial charge in [-0.3, -0.25) is 19.3 Å². The summed E-state index contributed by atoms with van der Waals surface area (Å²) in [5.74, 6) is -0.955. The van der Waals surface area contributed by atoms with Gasteiger partial charge in [0.1, 0.15) is 19.0 Å². The number of carbonyl (C=O) groups is 3. The minimum absolute atomic E-state index is 0.119. The summed E-state index contributed by atoms with van der Waals surface area (Å²) in [6.45, 7) is -0.335. The van der Waals surface area contributed by atoms with Crippen LogP contribution >= 0.6 is 35.0 Å². The molecular weight excluding hydrogens is 542 g/mol. The number of benzene rings is 3. The number of thioether (sulfide) groups is 1. The van der Waals surface area contributed by atoms with Crippen molar-refractivity contribution in [3.05, 3.63) is 92.6 Å². The molecule has 1 saturated heterocycles. The molecule has 1 aliphatic heterocycles. The van der Waals surface area contributed by atoms with Crippen LogP contribution in [0.4, 0.5) is 14.9 Å². The highest BCUT2D eigenvalue weighted by molar-refractivity contribution is 8.18. The molecule has 3 aromatic rings. The number of hydrogen-bond acceptors (Lipinski definition) is 6. The molecule has 0 bridgehead atoms. The topological polar surface area (TPSA) is 84.9 Å². The van der Waals surface area contributed by atoms with E-state index >= 15 is 0 Å². The van der Waals surface area contributed by atoms with E-state index in [1.165, 1.54) is 25.3 Å². The van der Waals surface area contributed by atoms with E-state index in [0.717, 1.165) is 10.5 Å². The highest BCUT2D eigenvalue weighted by atomic mass is 35.5. The summed E-state index contributed by atoms with van der Waals surface area (Å²) in [4.78, 5) is 38.7. The van der Waals surface area contributed by atoms with Crippen molar-refractivity contribution in [2.45, 2.75) is 6.61 Å². The number of halogens is 3. The highest BCUT2D eigenvalue weighted by Crippen LogP contribution is 2.39. The van der Waals surface area contributed by atoms with Crippen molar-refractivity contribution in [2.75, 3.05) is 19.0 Å². The van der Waals surface area contributed by atoms with Gasteiger partial charge in [0.25, 0.3) is 11.1 Å². The van der Waals surface area contributed by atoms with Gasteiger partial charge in [0.15, 0.2) is 11.5 Å². The van der Waals surface area contributed by atoms with Crippen LogP contribution in [0.1, 0.15) is 11.1 Å². The summed E-state index contributed by atoms with van der Waals surface area (Å²) in [5, 5.41) is 2.55. The number of ether oxygens (including phenoxy) is 2. The zero-order chi connectivity index (χ0) is 26.5. The quantitative estimate of drug-likeness (QED) is 0.321. The molecule has 37 heavy (non-hydrogen) atoms. The van der Waals surface area contributed by atoms with Crippen molar-refractivity contribution in [3.63, 3.8) is 0 Å². The van der Waals surface area contributed by atoms with Gasteiger partial charge in [-0.05, 0) is 65.4 Å². The van der Waals surface area contributed by atoms with E-state index < -0.39 is 23.6 Å². The maximum absolute atomic E-state index is 13.1. The molecule has 0 aromatic heterocycles. The second-order valence-corrected chi connectivity index (χ2v) is 9.55. The number of nitrogens with zero attached hydrogens (tertiary/aromatic N) is 1. The molecule has 11 heteroatoms. The Bertz CT molecular complexity index is 1400. The molecule has 1 fully saturated rings. The average Bonchev–Trinajstić information content (AvgIpc) is 3.12. The first-order chi connectivity index (χ1) is 17.7. The van der Waals surface area contributed by atoms with E-state index in [4.69, 9.17) is 32.7 Å². The van der Waals surface area contributed by atoms with Crippen molar-refractivity contribution in [1.82, 2.24) is 4.90 Å². The Hall–Kier alpha value is -3.53. The molecule has 0 atom stereocenters. The molecule has 3 aromatic carbocycles. The number of amides is 3. The number of hydrogen-bond donors (Lipinski definition) is 1. The van der Waals surface area contributed by atoms with Crippen molar-refractivity contribution < 1.29 is 28.2 Å². The monoisotopic (exact) mass is 560 g/mol. The predicted octanol–water partition coefficient (Wildman–Crippen LogP) is 6.40. The second kappa shape index (κ2) is 11.7. The first kappa shape index (κ1) is 26.5. The molecule has 0 spiro atoms. The summed E-state index contributed by atoms with van der Waals surface area (Å²) in [5.41, 5.74) is 1.60. The fourth-order valence-electron chi connectivity index (χ4n) is 3.38. The van der Waals surface area contributed by atoms with Crippen LogP contribution in [0.5, 0.6) is 11.5 Å². The molecule has 1 N–H and O–H groups in total. The Labute approximate surface area is 226 Å². The fraction of sp³-hybridized carbons (Fsp3) is 0.115. The molecule has 3 amide bonds. The number of methoxy groups -OCH3 is 1. The summed E-state index contributed by atoms with van der Waals surface area (Å²) >= 11 is 13.2. The Morgan fingerprint density at radius 3 is 2.51 bits per heavy atom. The SMILES string of the molecule is COc1cc(/C=C2/SC(=O)N(CC(=O)Nc3ccccc3Cl)C2=O)cc(Cl)c1OCc1ccc(F)cc1. The van der Waals surface area contributed by atoms with E-state index in [9.17, 15) is 18.8 Å². The molecule has 0 saturated carbocycles. The van der Waals surface area contributed by atoms with Crippen LogP contribution in [0.15, 0.2) is 65.6 Å². The van der Waals surface area contributed by atoms with Crippen LogP contribution < -0.4 is 14.8 Å². The van der Waals surface area contributed by atoms with Crippen molar-refractivity contribution >= 4 is 63.8 Å². The van der Waals surface area contributed by atoms with Gasteiger partial charge in [-0.1, -0.05) is 47.5 Å². The predicted molar refractivity (Wildman–Crippen MR) is 141 cm³/mol. The molecule has 1 aliphatic rings. The van der Waals surface area contributed by atoms with E-state index in [1.54, 1.807) is 48.5 Å². The largest absolute Gasteiger partial charge is 0.493 e. The zero-order valence-electron chi connectivity index (χ0n) is 19.3. The third-order valence-electron chi connectivity index (χ3n) is 5.17. The minimum atomic E-state index is -0.615. The van der Waals surface area contributed by atoms with Gasteiger partial charge in [0.2, 0.25) is 5.91 Å². The Morgan fingerprint density at radius 1 is 1.08 bits per heavy atom. The Morgan fingerprint density at radius 2 is 1.81 bits per heavy atom. The molecule has 0 unspecified atom stereocenters. The lowest BCUT2D eigenvalue weighted by molar-refractivity contribution is -0.127. The van der Waals surface area contributed by atoms with Gasteiger partial charge in [-0.15, -0.1) is 0 Å². The third-order valence-corrected chi connectivity index (χ3v) is 6.69. The standard InChI is InChI=1S/C26H19Cl2FN2O5S/c1-35-21-11-16(10-19(28)24(21)36-14-15-6-8-17(29)9-7-15)12-22-25(33)31(26(34)37-22)13-23(32)30-20-5-3-2-4-18(20)27/h2-12H,13-14H2,1H3,(H,30,32)/b22-12+. The zero-order valence-corrected chi connectivity index (χ0v) is 21.6. The fourth-order valence-corrected chi connectivity index (χ4v) is 4.68. The lowest BCUT2D eigenvalue weighted by Crippen LogP contribution is -2.36. The lowest BCUT2D eigenvalue weighted by Gasteiger charge is -2.14. The van der Waals surface area contributed by atoms with Gasteiger partial charge in [-0.2, -0.15) is 0 Å². The Balaban J connectivity index is 1.47. The molecule has 0 aliphatic carbocycles. The maximum Gasteiger partial charge on any atom is 0.294 e. The van der Waals surface area contributed by atoms with E-state index in [1.807, 2.05) is 0 Å². The number of carbonyl (C=O) groups excluding carboxylic acids is 3. The number of rotatable bonds is 8. The van der Waals surface area contributed by atoms with Gasteiger partial charge in [0, 0.05) is 0 Å². The number of imide groups is 1. The number of nitrogens with one attached hydrogen (secondary N) is 1. The van der Waals surface area contributed by atoms with Crippen LogP contribution in [-0.4, -0.2) is 35.6 Å². The smallest absolute Gasteiger partial charge is 0.294 e. The number of anilines is 1. The molecule has 7 nitrogen and oxygen atoms in total. The normalized spacial score (nSPS) is 14.3. The minimum Gasteiger partial charge on any atom is -0.493 e. The van der Waals surface area contributed by atoms with Crippen LogP contribution in [-0.2, 0) is 16.2 Å². The van der Waals surface area contributed by atoms with Gasteiger partial charge >= 0.3 is 0 Å². The van der Waals surface area contributed by atoms with Gasteiger partial charge in [-0.25, -0.2) is 4.39 Å². The number of para-hydroxylation sites is 1. The van der Waals surface area contributed by atoms with Crippen LogP contribution in [0.3, 0.4) is 0 Å². The van der Waals surface area contributed by atoms with Gasteiger partial charge < -0.3 is 14.8 Å². The molecule has 0 radical (unpaired) electrons.